The van der Waals surface area contributed by atoms with Crippen molar-refractivity contribution in [2.24, 2.45) is 0 Å². The number of fused-ring (bicyclic) bond motifs is 1. The van der Waals surface area contributed by atoms with Crippen LogP contribution in [0.25, 0.3) is 22.7 Å². The Morgan fingerprint density at radius 1 is 1.04 bits per heavy atom. The van der Waals surface area contributed by atoms with Gasteiger partial charge in [0.2, 0.25) is 11.8 Å². The van der Waals surface area contributed by atoms with Crippen LogP contribution in [0.3, 0.4) is 0 Å². The zero-order valence-corrected chi connectivity index (χ0v) is 14.4. The van der Waals surface area contributed by atoms with Crippen LogP contribution in [0.5, 0.6) is 0 Å². The molecule has 0 aliphatic carbocycles. The van der Waals surface area contributed by atoms with Crippen LogP contribution >= 0.6 is 0 Å². The second-order valence-corrected chi connectivity index (χ2v) is 6.21. The Hall–Kier alpha value is -3.22. The molecule has 2 aromatic heterocycles. The fraction of sp³-hybridized carbons (Fsp3) is 0.263. The van der Waals surface area contributed by atoms with Gasteiger partial charge in [-0.1, -0.05) is 6.07 Å². The number of piperazine rings is 1. The summed E-state index contributed by atoms with van der Waals surface area (Å²) in [5, 5.41) is 0. The van der Waals surface area contributed by atoms with Crippen LogP contribution in [-0.4, -0.2) is 57.8 Å². The van der Waals surface area contributed by atoms with E-state index in [9.17, 15) is 9.59 Å². The van der Waals surface area contributed by atoms with E-state index in [0.717, 1.165) is 0 Å². The number of amides is 2. The highest BCUT2D eigenvalue weighted by molar-refractivity contribution is 5.97. The van der Waals surface area contributed by atoms with Crippen molar-refractivity contribution >= 4 is 22.9 Å². The van der Waals surface area contributed by atoms with Crippen LogP contribution in [0.1, 0.15) is 17.3 Å². The second-order valence-electron chi connectivity index (χ2n) is 6.21. The first-order valence-corrected chi connectivity index (χ1v) is 8.48. The standard InChI is InChI=1S/C19H18N4O3/c1-13(24)22-8-10-23(11-9-22)19(25)14-5-6-15-17(12-14)26-18(21-15)16-4-2-3-7-20-16/h2-7,12H,8-11H2,1H3. The predicted molar refractivity (Wildman–Crippen MR) is 95.4 cm³/mol. The summed E-state index contributed by atoms with van der Waals surface area (Å²) in [6.45, 7) is 3.75. The molecule has 7 heteroatoms. The average molecular weight is 350 g/mol. The summed E-state index contributed by atoms with van der Waals surface area (Å²) in [6, 6.07) is 10.8. The molecule has 0 bridgehead atoms. The molecule has 0 atom stereocenters. The highest BCUT2D eigenvalue weighted by atomic mass is 16.3. The van der Waals surface area contributed by atoms with E-state index in [0.29, 0.717) is 54.4 Å². The lowest BCUT2D eigenvalue weighted by Gasteiger charge is -2.34. The quantitative estimate of drug-likeness (QED) is 0.708. The largest absolute Gasteiger partial charge is 0.435 e. The molecule has 26 heavy (non-hydrogen) atoms. The molecule has 7 nitrogen and oxygen atoms in total. The monoisotopic (exact) mass is 350 g/mol. The molecule has 3 aromatic rings. The molecular formula is C19H18N4O3. The third-order valence-electron chi connectivity index (χ3n) is 4.53. The molecule has 1 fully saturated rings. The summed E-state index contributed by atoms with van der Waals surface area (Å²) in [5.74, 6) is 0.411. The van der Waals surface area contributed by atoms with Gasteiger partial charge in [-0.15, -0.1) is 0 Å². The van der Waals surface area contributed by atoms with E-state index in [4.69, 9.17) is 4.42 Å². The zero-order valence-electron chi connectivity index (χ0n) is 14.4. The Morgan fingerprint density at radius 2 is 1.81 bits per heavy atom. The summed E-state index contributed by atoms with van der Waals surface area (Å²) in [6.07, 6.45) is 1.68. The third kappa shape index (κ3) is 3.03. The molecule has 1 aromatic carbocycles. The van der Waals surface area contributed by atoms with E-state index in [1.165, 1.54) is 0 Å². The minimum atomic E-state index is -0.0640. The minimum Gasteiger partial charge on any atom is -0.435 e. The van der Waals surface area contributed by atoms with Gasteiger partial charge in [-0.3, -0.25) is 14.6 Å². The van der Waals surface area contributed by atoms with Crippen molar-refractivity contribution in [3.8, 4) is 11.6 Å². The molecule has 0 spiro atoms. The Labute approximate surface area is 150 Å². The van der Waals surface area contributed by atoms with E-state index >= 15 is 0 Å². The van der Waals surface area contributed by atoms with E-state index in [-0.39, 0.29) is 11.8 Å². The number of nitrogens with zero attached hydrogens (tertiary/aromatic N) is 4. The molecule has 132 valence electrons. The van der Waals surface area contributed by atoms with E-state index < -0.39 is 0 Å². The molecule has 0 unspecified atom stereocenters. The van der Waals surface area contributed by atoms with Crippen LogP contribution in [0.4, 0.5) is 0 Å². The Bertz CT molecular complexity index is 959. The number of oxazole rings is 1. The summed E-state index contributed by atoms with van der Waals surface area (Å²) < 4.78 is 5.78. The normalized spacial score (nSPS) is 14.7. The zero-order chi connectivity index (χ0) is 18.1. The first kappa shape index (κ1) is 16.3. The molecule has 1 aliphatic heterocycles. The first-order valence-electron chi connectivity index (χ1n) is 8.48. The van der Waals surface area contributed by atoms with Gasteiger partial charge in [0.15, 0.2) is 5.58 Å². The summed E-state index contributed by atoms with van der Waals surface area (Å²) in [4.78, 5) is 36.3. The molecule has 4 rings (SSSR count). The van der Waals surface area contributed by atoms with Crippen LogP contribution < -0.4 is 0 Å². The van der Waals surface area contributed by atoms with Crippen molar-refractivity contribution in [1.82, 2.24) is 19.8 Å². The number of rotatable bonds is 2. The molecule has 3 heterocycles. The van der Waals surface area contributed by atoms with Crippen molar-refractivity contribution in [2.75, 3.05) is 26.2 Å². The van der Waals surface area contributed by atoms with Gasteiger partial charge in [-0.25, -0.2) is 4.98 Å². The molecule has 1 aliphatic rings. The fourth-order valence-electron chi connectivity index (χ4n) is 3.06. The summed E-state index contributed by atoms with van der Waals surface area (Å²) in [7, 11) is 0. The van der Waals surface area contributed by atoms with Gasteiger partial charge in [0.05, 0.1) is 0 Å². The Balaban J connectivity index is 1.56. The summed E-state index contributed by atoms with van der Waals surface area (Å²) in [5.41, 5.74) is 2.44. The maximum absolute atomic E-state index is 12.7. The number of hydrogen-bond acceptors (Lipinski definition) is 5. The highest BCUT2D eigenvalue weighted by Crippen LogP contribution is 2.24. The molecule has 1 saturated heterocycles. The third-order valence-corrected chi connectivity index (χ3v) is 4.53. The van der Waals surface area contributed by atoms with Crippen LogP contribution in [0.15, 0.2) is 47.0 Å². The molecule has 0 saturated carbocycles. The molecular weight excluding hydrogens is 332 g/mol. The smallest absolute Gasteiger partial charge is 0.254 e. The summed E-state index contributed by atoms with van der Waals surface area (Å²) >= 11 is 0. The topological polar surface area (TPSA) is 79.5 Å². The number of hydrogen-bond donors (Lipinski definition) is 0. The predicted octanol–water partition coefficient (Wildman–Crippen LogP) is 2.19. The van der Waals surface area contributed by atoms with Gasteiger partial charge < -0.3 is 14.2 Å². The van der Waals surface area contributed by atoms with Crippen molar-refractivity contribution < 1.29 is 14.0 Å². The molecule has 0 radical (unpaired) electrons. The van der Waals surface area contributed by atoms with Gasteiger partial charge in [0, 0.05) is 44.9 Å². The van der Waals surface area contributed by atoms with Crippen LogP contribution in [0.2, 0.25) is 0 Å². The van der Waals surface area contributed by atoms with Crippen molar-refractivity contribution in [3.05, 3.63) is 48.2 Å². The van der Waals surface area contributed by atoms with Gasteiger partial charge in [0.25, 0.3) is 5.91 Å². The number of pyridine rings is 1. The molecule has 2 amide bonds. The minimum absolute atomic E-state index is 0.0437. The Morgan fingerprint density at radius 3 is 2.50 bits per heavy atom. The SMILES string of the molecule is CC(=O)N1CCN(C(=O)c2ccc3nc(-c4ccccn4)oc3c2)CC1. The van der Waals surface area contributed by atoms with Crippen LogP contribution in [0, 0.1) is 0 Å². The first-order chi connectivity index (χ1) is 12.6. The van der Waals surface area contributed by atoms with Crippen molar-refractivity contribution in [2.45, 2.75) is 6.92 Å². The molecule has 0 N–H and O–H groups in total. The van der Waals surface area contributed by atoms with Crippen molar-refractivity contribution in [3.63, 3.8) is 0 Å². The lowest BCUT2D eigenvalue weighted by Crippen LogP contribution is -2.50. The number of benzene rings is 1. The van der Waals surface area contributed by atoms with Crippen LogP contribution in [-0.2, 0) is 4.79 Å². The van der Waals surface area contributed by atoms with Gasteiger partial charge in [-0.2, -0.15) is 0 Å². The highest BCUT2D eigenvalue weighted by Gasteiger charge is 2.23. The van der Waals surface area contributed by atoms with Gasteiger partial charge in [0.1, 0.15) is 11.2 Å². The lowest BCUT2D eigenvalue weighted by atomic mass is 10.1. The average Bonchev–Trinajstić information content (AvgIpc) is 3.11. The maximum atomic E-state index is 12.7. The van der Waals surface area contributed by atoms with E-state index in [1.54, 1.807) is 41.1 Å². The number of aromatic nitrogens is 2. The fourth-order valence-corrected chi connectivity index (χ4v) is 3.06. The van der Waals surface area contributed by atoms with Gasteiger partial charge in [-0.05, 0) is 30.3 Å². The van der Waals surface area contributed by atoms with Gasteiger partial charge >= 0.3 is 0 Å². The van der Waals surface area contributed by atoms with E-state index in [2.05, 4.69) is 9.97 Å². The van der Waals surface area contributed by atoms with Crippen molar-refractivity contribution in [1.29, 1.82) is 0 Å². The lowest BCUT2D eigenvalue weighted by molar-refractivity contribution is -0.130. The van der Waals surface area contributed by atoms with E-state index in [1.807, 2.05) is 18.2 Å². The second kappa shape index (κ2) is 6.59. The maximum Gasteiger partial charge on any atom is 0.254 e. The number of carbonyl (C=O) groups is 2. The Kier molecular flexibility index (Phi) is 4.12. The number of carbonyl (C=O) groups excluding carboxylic acids is 2.